The van der Waals surface area contributed by atoms with E-state index >= 15 is 0 Å². The molecule has 0 saturated carbocycles. The standard InChI is InChI=1S/C16H19ClN4/c1-2-20-7-6-12(10-20)11-21-14-5-3-4-13(9-18)16(14)19-15(21)8-17/h3-5,12H,2,6-8,10-11H2,1H3. The summed E-state index contributed by atoms with van der Waals surface area (Å²) in [5.41, 5.74) is 2.43. The Bertz CT molecular complexity index is 685. The molecule has 1 aromatic carbocycles. The van der Waals surface area contributed by atoms with Gasteiger partial charge in [-0.3, -0.25) is 0 Å². The Morgan fingerprint density at radius 2 is 2.33 bits per heavy atom. The average molecular weight is 303 g/mol. The fraction of sp³-hybridized carbons (Fsp3) is 0.500. The summed E-state index contributed by atoms with van der Waals surface area (Å²) in [5.74, 6) is 1.88. The van der Waals surface area contributed by atoms with Crippen molar-refractivity contribution in [2.75, 3.05) is 19.6 Å². The van der Waals surface area contributed by atoms with Gasteiger partial charge in [-0.2, -0.15) is 5.26 Å². The van der Waals surface area contributed by atoms with Gasteiger partial charge in [0.25, 0.3) is 0 Å². The Morgan fingerprint density at radius 3 is 3.00 bits per heavy atom. The van der Waals surface area contributed by atoms with Crippen molar-refractivity contribution in [3.63, 3.8) is 0 Å². The summed E-state index contributed by atoms with van der Waals surface area (Å²) in [6, 6.07) is 7.98. The number of fused-ring (bicyclic) bond motifs is 1. The van der Waals surface area contributed by atoms with Crippen molar-refractivity contribution in [1.29, 1.82) is 5.26 Å². The molecule has 110 valence electrons. The van der Waals surface area contributed by atoms with Gasteiger partial charge in [0.05, 0.1) is 17.0 Å². The Labute approximate surface area is 129 Å². The molecule has 3 rings (SSSR count). The SMILES string of the molecule is CCN1CCC(Cn2c(CCl)nc3c(C#N)cccc32)C1. The highest BCUT2D eigenvalue weighted by Gasteiger charge is 2.23. The maximum atomic E-state index is 9.22. The van der Waals surface area contributed by atoms with Crippen molar-refractivity contribution < 1.29 is 0 Å². The van der Waals surface area contributed by atoms with Gasteiger partial charge in [-0.1, -0.05) is 13.0 Å². The maximum absolute atomic E-state index is 9.22. The lowest BCUT2D eigenvalue weighted by Gasteiger charge is -2.15. The van der Waals surface area contributed by atoms with Gasteiger partial charge in [0.2, 0.25) is 0 Å². The number of nitrogens with zero attached hydrogens (tertiary/aromatic N) is 4. The Hall–Kier alpha value is -1.57. The monoisotopic (exact) mass is 302 g/mol. The van der Waals surface area contributed by atoms with Gasteiger partial charge in [-0.15, -0.1) is 11.6 Å². The second-order valence-electron chi connectivity index (χ2n) is 5.61. The molecule has 1 aliphatic heterocycles. The minimum atomic E-state index is 0.379. The molecule has 0 aliphatic carbocycles. The molecule has 0 spiro atoms. The van der Waals surface area contributed by atoms with E-state index < -0.39 is 0 Å². The first-order valence-electron chi connectivity index (χ1n) is 7.43. The second kappa shape index (κ2) is 6.05. The molecule has 1 saturated heterocycles. The van der Waals surface area contributed by atoms with Crippen molar-refractivity contribution >= 4 is 22.6 Å². The predicted molar refractivity (Wildman–Crippen MR) is 84.2 cm³/mol. The van der Waals surface area contributed by atoms with E-state index in [1.165, 1.54) is 13.0 Å². The molecule has 0 bridgehead atoms. The van der Waals surface area contributed by atoms with Crippen LogP contribution in [0.25, 0.3) is 11.0 Å². The molecule has 0 N–H and O–H groups in total. The topological polar surface area (TPSA) is 44.9 Å². The molecule has 1 aromatic heterocycles. The fourth-order valence-corrected chi connectivity index (χ4v) is 3.40. The zero-order valence-corrected chi connectivity index (χ0v) is 13.0. The van der Waals surface area contributed by atoms with Crippen LogP contribution < -0.4 is 0 Å². The van der Waals surface area contributed by atoms with E-state index in [-0.39, 0.29) is 0 Å². The predicted octanol–water partition coefficient (Wildman–Crippen LogP) is 2.99. The normalized spacial score (nSPS) is 19.2. The first-order chi connectivity index (χ1) is 10.3. The summed E-state index contributed by atoms with van der Waals surface area (Å²) in [4.78, 5) is 7.06. The third-order valence-corrected chi connectivity index (χ3v) is 4.59. The van der Waals surface area contributed by atoms with Crippen LogP contribution in [-0.4, -0.2) is 34.1 Å². The van der Waals surface area contributed by atoms with Crippen LogP contribution in [0.15, 0.2) is 18.2 Å². The van der Waals surface area contributed by atoms with Gasteiger partial charge in [-0.05, 0) is 37.6 Å². The number of hydrogen-bond donors (Lipinski definition) is 0. The summed E-state index contributed by atoms with van der Waals surface area (Å²) in [7, 11) is 0. The number of imidazole rings is 1. The summed E-state index contributed by atoms with van der Waals surface area (Å²) in [6.07, 6.45) is 1.22. The molecular weight excluding hydrogens is 284 g/mol. The van der Waals surface area contributed by atoms with Gasteiger partial charge in [0.1, 0.15) is 17.4 Å². The number of benzene rings is 1. The molecule has 1 fully saturated rings. The van der Waals surface area contributed by atoms with Crippen LogP contribution in [-0.2, 0) is 12.4 Å². The molecule has 21 heavy (non-hydrogen) atoms. The fourth-order valence-electron chi connectivity index (χ4n) is 3.20. The van der Waals surface area contributed by atoms with Gasteiger partial charge >= 0.3 is 0 Å². The van der Waals surface area contributed by atoms with Crippen LogP contribution in [0, 0.1) is 17.2 Å². The summed E-state index contributed by atoms with van der Waals surface area (Å²) < 4.78 is 2.20. The van der Waals surface area contributed by atoms with Crippen LogP contribution in [0.3, 0.4) is 0 Å². The number of para-hydroxylation sites is 1. The number of halogens is 1. The number of hydrogen-bond acceptors (Lipinski definition) is 3. The molecule has 4 nitrogen and oxygen atoms in total. The number of alkyl halides is 1. The third kappa shape index (κ3) is 2.64. The third-order valence-electron chi connectivity index (χ3n) is 4.36. The van der Waals surface area contributed by atoms with Crippen molar-refractivity contribution in [1.82, 2.24) is 14.5 Å². The number of rotatable bonds is 4. The number of nitriles is 1. The first-order valence-corrected chi connectivity index (χ1v) is 7.96. The molecule has 0 radical (unpaired) electrons. The van der Waals surface area contributed by atoms with Gasteiger partial charge < -0.3 is 9.47 Å². The van der Waals surface area contributed by atoms with Crippen LogP contribution in [0.4, 0.5) is 0 Å². The quantitative estimate of drug-likeness (QED) is 0.816. The van der Waals surface area contributed by atoms with Crippen molar-refractivity contribution in [3.05, 3.63) is 29.6 Å². The lowest BCUT2D eigenvalue weighted by Crippen LogP contribution is -2.21. The van der Waals surface area contributed by atoms with E-state index in [0.717, 1.165) is 36.5 Å². The largest absolute Gasteiger partial charge is 0.327 e. The molecule has 1 atom stereocenters. The van der Waals surface area contributed by atoms with E-state index in [4.69, 9.17) is 11.6 Å². The molecular formula is C16H19ClN4. The Balaban J connectivity index is 1.96. The molecule has 0 amide bonds. The van der Waals surface area contributed by atoms with E-state index in [1.807, 2.05) is 18.2 Å². The minimum Gasteiger partial charge on any atom is -0.327 e. The Kier molecular flexibility index (Phi) is 4.14. The van der Waals surface area contributed by atoms with E-state index in [1.54, 1.807) is 0 Å². The lowest BCUT2D eigenvalue weighted by atomic mass is 10.1. The van der Waals surface area contributed by atoms with E-state index in [0.29, 0.717) is 17.4 Å². The van der Waals surface area contributed by atoms with E-state index in [9.17, 15) is 5.26 Å². The molecule has 1 aliphatic rings. The highest BCUT2D eigenvalue weighted by Crippen LogP contribution is 2.25. The Morgan fingerprint density at radius 1 is 1.48 bits per heavy atom. The molecule has 2 aromatic rings. The van der Waals surface area contributed by atoms with Crippen LogP contribution in [0.2, 0.25) is 0 Å². The maximum Gasteiger partial charge on any atom is 0.124 e. The van der Waals surface area contributed by atoms with Gasteiger partial charge in [0, 0.05) is 13.1 Å². The first kappa shape index (κ1) is 14.4. The zero-order chi connectivity index (χ0) is 14.8. The second-order valence-corrected chi connectivity index (χ2v) is 5.87. The van der Waals surface area contributed by atoms with Crippen LogP contribution in [0.5, 0.6) is 0 Å². The molecule has 2 heterocycles. The highest BCUT2D eigenvalue weighted by atomic mass is 35.5. The van der Waals surface area contributed by atoms with Gasteiger partial charge in [-0.25, -0.2) is 4.98 Å². The smallest absolute Gasteiger partial charge is 0.124 e. The van der Waals surface area contributed by atoms with Crippen molar-refractivity contribution in [2.24, 2.45) is 5.92 Å². The summed E-state index contributed by atoms with van der Waals surface area (Å²) in [6.45, 7) is 6.56. The van der Waals surface area contributed by atoms with E-state index in [2.05, 4.69) is 27.4 Å². The lowest BCUT2D eigenvalue weighted by molar-refractivity contribution is 0.333. The van der Waals surface area contributed by atoms with Crippen molar-refractivity contribution in [2.45, 2.75) is 25.8 Å². The highest BCUT2D eigenvalue weighted by molar-refractivity contribution is 6.16. The number of likely N-dealkylation sites (tertiary alicyclic amines) is 1. The molecule has 1 unspecified atom stereocenters. The van der Waals surface area contributed by atoms with Crippen LogP contribution in [0.1, 0.15) is 24.7 Å². The summed E-state index contributed by atoms with van der Waals surface area (Å²) >= 11 is 6.06. The zero-order valence-electron chi connectivity index (χ0n) is 12.2. The van der Waals surface area contributed by atoms with Crippen LogP contribution >= 0.6 is 11.6 Å². The summed E-state index contributed by atoms with van der Waals surface area (Å²) in [5, 5.41) is 9.22. The number of aromatic nitrogens is 2. The minimum absolute atomic E-state index is 0.379. The van der Waals surface area contributed by atoms with Gasteiger partial charge in [0.15, 0.2) is 0 Å². The molecule has 5 heteroatoms. The van der Waals surface area contributed by atoms with Crippen molar-refractivity contribution in [3.8, 4) is 6.07 Å². The average Bonchev–Trinajstić information content (AvgIpc) is 3.12.